The first-order chi connectivity index (χ1) is 7.20. The van der Waals surface area contributed by atoms with Crippen molar-refractivity contribution in [2.24, 2.45) is 0 Å². The zero-order valence-corrected chi connectivity index (χ0v) is 7.54. The summed E-state index contributed by atoms with van der Waals surface area (Å²) < 4.78 is 30.9. The number of carbonyl (C=O) groups is 1. The van der Waals surface area contributed by atoms with Crippen molar-refractivity contribution in [2.45, 2.75) is 0 Å². The number of halogens is 2. The summed E-state index contributed by atoms with van der Waals surface area (Å²) in [7, 11) is 0. The summed E-state index contributed by atoms with van der Waals surface area (Å²) >= 11 is 0. The minimum absolute atomic E-state index is 0.0758. The zero-order valence-electron chi connectivity index (χ0n) is 7.54. The number of hydrogen-bond donors (Lipinski definition) is 0. The lowest BCUT2D eigenvalue weighted by Gasteiger charge is -1.98. The minimum Gasteiger partial charge on any atom is -0.461 e. The quantitative estimate of drug-likeness (QED) is 0.710. The molecule has 2 aromatic rings. The Hall–Kier alpha value is -1.97. The van der Waals surface area contributed by atoms with Crippen molar-refractivity contribution in [1.82, 2.24) is 0 Å². The highest BCUT2D eigenvalue weighted by Gasteiger charge is 2.09. The summed E-state index contributed by atoms with van der Waals surface area (Å²) in [5.74, 6) is -1.02. The van der Waals surface area contributed by atoms with Gasteiger partial charge >= 0.3 is 0 Å². The molecular weight excluding hydrogens is 202 g/mol. The van der Waals surface area contributed by atoms with Gasteiger partial charge in [0.1, 0.15) is 11.6 Å². The molecule has 0 saturated carbocycles. The number of benzene rings is 1. The van der Waals surface area contributed by atoms with Gasteiger partial charge in [-0.15, -0.1) is 0 Å². The molecular formula is C11H6F2O2. The molecule has 4 heteroatoms. The minimum atomic E-state index is -0.561. The molecule has 2 nitrogen and oxygen atoms in total. The topological polar surface area (TPSA) is 30.2 Å². The summed E-state index contributed by atoms with van der Waals surface area (Å²) in [5, 5.41) is 0. The molecule has 2 rings (SSSR count). The molecule has 0 N–H and O–H groups in total. The fourth-order valence-corrected chi connectivity index (χ4v) is 1.27. The van der Waals surface area contributed by atoms with Gasteiger partial charge in [-0.2, -0.15) is 0 Å². The molecule has 0 unspecified atom stereocenters. The third-order valence-corrected chi connectivity index (χ3v) is 1.98. The van der Waals surface area contributed by atoms with Crippen LogP contribution < -0.4 is 0 Å². The van der Waals surface area contributed by atoms with Crippen LogP contribution in [0.1, 0.15) is 10.6 Å². The first kappa shape index (κ1) is 9.58. The van der Waals surface area contributed by atoms with Crippen LogP contribution in [0.15, 0.2) is 34.9 Å². The van der Waals surface area contributed by atoms with Crippen LogP contribution in [0.4, 0.5) is 8.78 Å². The van der Waals surface area contributed by atoms with E-state index in [0.29, 0.717) is 11.8 Å². The Morgan fingerprint density at radius 3 is 2.67 bits per heavy atom. The van der Waals surface area contributed by atoms with Crippen molar-refractivity contribution in [1.29, 1.82) is 0 Å². The molecule has 0 bridgehead atoms. The zero-order chi connectivity index (χ0) is 10.8. The maximum Gasteiger partial charge on any atom is 0.185 e. The fraction of sp³-hybridized carbons (Fsp3) is 0. The second-order valence-corrected chi connectivity index (χ2v) is 2.98. The Labute approximate surface area is 84.1 Å². The maximum atomic E-state index is 13.3. The first-order valence-corrected chi connectivity index (χ1v) is 4.20. The van der Waals surface area contributed by atoms with Crippen molar-refractivity contribution in [2.75, 3.05) is 0 Å². The van der Waals surface area contributed by atoms with Crippen molar-refractivity contribution in [3.05, 3.63) is 47.9 Å². The van der Waals surface area contributed by atoms with E-state index in [1.165, 1.54) is 12.3 Å². The number of furan rings is 1. The first-order valence-electron chi connectivity index (χ1n) is 4.20. The van der Waals surface area contributed by atoms with Gasteiger partial charge in [-0.25, -0.2) is 8.78 Å². The molecule has 1 aromatic heterocycles. The summed E-state index contributed by atoms with van der Waals surface area (Å²) in [6, 6.07) is 4.46. The molecule has 0 fully saturated rings. The van der Waals surface area contributed by atoms with E-state index in [-0.39, 0.29) is 11.3 Å². The largest absolute Gasteiger partial charge is 0.461 e. The van der Waals surface area contributed by atoms with E-state index in [0.717, 1.165) is 18.2 Å². The molecule has 0 aliphatic carbocycles. The Bertz CT molecular complexity index is 503. The van der Waals surface area contributed by atoms with Gasteiger partial charge in [0, 0.05) is 11.1 Å². The average molecular weight is 208 g/mol. The summed E-state index contributed by atoms with van der Waals surface area (Å²) in [4.78, 5) is 10.3. The van der Waals surface area contributed by atoms with Gasteiger partial charge in [-0.1, -0.05) is 0 Å². The van der Waals surface area contributed by atoms with Gasteiger partial charge in [0.15, 0.2) is 12.0 Å². The highest BCUT2D eigenvalue weighted by atomic mass is 19.1. The standard InChI is InChI=1S/C11H6F2O2/c12-8-1-2-11(13)10(4-8)7-3-9(5-14)15-6-7/h1-6H. The number of carbonyl (C=O) groups excluding carboxylic acids is 1. The monoisotopic (exact) mass is 208 g/mol. The second-order valence-electron chi connectivity index (χ2n) is 2.98. The molecule has 0 radical (unpaired) electrons. The van der Waals surface area contributed by atoms with E-state index < -0.39 is 11.6 Å². The number of aldehydes is 1. The predicted octanol–water partition coefficient (Wildman–Crippen LogP) is 3.04. The third-order valence-electron chi connectivity index (χ3n) is 1.98. The van der Waals surface area contributed by atoms with E-state index >= 15 is 0 Å². The Morgan fingerprint density at radius 1 is 1.20 bits per heavy atom. The highest BCUT2D eigenvalue weighted by Crippen LogP contribution is 2.25. The highest BCUT2D eigenvalue weighted by molar-refractivity contribution is 5.75. The van der Waals surface area contributed by atoms with Crippen LogP contribution in [0.3, 0.4) is 0 Å². The lowest BCUT2D eigenvalue weighted by Crippen LogP contribution is -1.84. The third kappa shape index (κ3) is 1.79. The van der Waals surface area contributed by atoms with Crippen LogP contribution in [0.5, 0.6) is 0 Å². The normalized spacial score (nSPS) is 10.3. The van der Waals surface area contributed by atoms with Gasteiger partial charge in [0.2, 0.25) is 0 Å². The molecule has 0 spiro atoms. The molecule has 76 valence electrons. The number of hydrogen-bond acceptors (Lipinski definition) is 2. The van der Waals surface area contributed by atoms with Gasteiger partial charge in [0.05, 0.1) is 6.26 Å². The molecule has 0 saturated heterocycles. The van der Waals surface area contributed by atoms with E-state index in [1.54, 1.807) is 0 Å². The van der Waals surface area contributed by atoms with Crippen LogP contribution in [0.2, 0.25) is 0 Å². The molecule has 0 aliphatic heterocycles. The van der Waals surface area contributed by atoms with Crippen LogP contribution in [0, 0.1) is 11.6 Å². The van der Waals surface area contributed by atoms with Crippen molar-refractivity contribution in [3.8, 4) is 11.1 Å². The van der Waals surface area contributed by atoms with E-state index in [4.69, 9.17) is 4.42 Å². The van der Waals surface area contributed by atoms with Crippen LogP contribution in [-0.2, 0) is 0 Å². The fourth-order valence-electron chi connectivity index (χ4n) is 1.27. The maximum absolute atomic E-state index is 13.3. The number of rotatable bonds is 2. The SMILES string of the molecule is O=Cc1cc(-c2cc(F)ccc2F)co1. The van der Waals surface area contributed by atoms with Crippen molar-refractivity contribution < 1.29 is 18.0 Å². The molecule has 15 heavy (non-hydrogen) atoms. The molecule has 1 heterocycles. The predicted molar refractivity (Wildman–Crippen MR) is 49.4 cm³/mol. The summed E-state index contributed by atoms with van der Waals surface area (Å²) in [5.41, 5.74) is 0.418. The van der Waals surface area contributed by atoms with Crippen LogP contribution in [-0.4, -0.2) is 6.29 Å². The van der Waals surface area contributed by atoms with Gasteiger partial charge in [-0.05, 0) is 24.3 Å². The lowest BCUT2D eigenvalue weighted by molar-refractivity contribution is 0.110. The average Bonchev–Trinajstić information content (AvgIpc) is 2.70. The molecule has 0 amide bonds. The smallest absolute Gasteiger partial charge is 0.185 e. The lowest BCUT2D eigenvalue weighted by atomic mass is 10.1. The van der Waals surface area contributed by atoms with E-state index in [2.05, 4.69) is 0 Å². The Balaban J connectivity index is 2.52. The summed E-state index contributed by atoms with van der Waals surface area (Å²) in [6.07, 6.45) is 1.71. The summed E-state index contributed by atoms with van der Waals surface area (Å²) in [6.45, 7) is 0. The van der Waals surface area contributed by atoms with Gasteiger partial charge in [0.25, 0.3) is 0 Å². The van der Waals surface area contributed by atoms with Gasteiger partial charge < -0.3 is 4.42 Å². The van der Waals surface area contributed by atoms with Crippen molar-refractivity contribution >= 4 is 6.29 Å². The van der Waals surface area contributed by atoms with Crippen LogP contribution >= 0.6 is 0 Å². The van der Waals surface area contributed by atoms with Crippen LogP contribution in [0.25, 0.3) is 11.1 Å². The Kier molecular flexibility index (Phi) is 2.33. The van der Waals surface area contributed by atoms with Gasteiger partial charge in [-0.3, -0.25) is 4.79 Å². The van der Waals surface area contributed by atoms with E-state index in [9.17, 15) is 13.6 Å². The molecule has 0 atom stereocenters. The molecule has 1 aromatic carbocycles. The molecule has 0 aliphatic rings. The van der Waals surface area contributed by atoms with E-state index in [1.807, 2.05) is 0 Å². The second kappa shape index (κ2) is 3.65. The Morgan fingerprint density at radius 2 is 2.00 bits per heavy atom. The van der Waals surface area contributed by atoms with Crippen molar-refractivity contribution in [3.63, 3.8) is 0 Å².